The molecule has 2 N–H and O–H groups in total. The second-order valence-electron chi connectivity index (χ2n) is 8.32. The van der Waals surface area contributed by atoms with Crippen LogP contribution in [-0.2, 0) is 34.3 Å². The van der Waals surface area contributed by atoms with Gasteiger partial charge in [0, 0.05) is 13.1 Å². The lowest BCUT2D eigenvalue weighted by atomic mass is 10.2. The molecule has 9 nitrogen and oxygen atoms in total. The maximum atomic E-state index is 12.8. The summed E-state index contributed by atoms with van der Waals surface area (Å²) in [5.74, 6) is 0. The zero-order chi connectivity index (χ0) is 26.6. The summed E-state index contributed by atoms with van der Waals surface area (Å²) >= 11 is 0. The van der Waals surface area contributed by atoms with Gasteiger partial charge in [0.15, 0.2) is 0 Å². The molecule has 0 bridgehead atoms. The minimum atomic E-state index is -4.32. The third-order valence-electron chi connectivity index (χ3n) is 5.24. The van der Waals surface area contributed by atoms with Crippen LogP contribution in [0, 0.1) is 20.8 Å². The first-order valence-electron chi connectivity index (χ1n) is 10.9. The van der Waals surface area contributed by atoms with Crippen LogP contribution >= 0.6 is 0 Å². The Labute approximate surface area is 212 Å². The molecule has 3 rings (SSSR count). The minimum Gasteiger partial charge on any atom is -0.260 e. The van der Waals surface area contributed by atoms with E-state index < -0.39 is 49.4 Å². The molecular formula is C24H28N2O7S3. The van der Waals surface area contributed by atoms with Crippen molar-refractivity contribution in [2.24, 2.45) is 0 Å². The predicted octanol–water partition coefficient (Wildman–Crippen LogP) is 2.64. The number of benzene rings is 3. The van der Waals surface area contributed by atoms with Crippen molar-refractivity contribution in [2.75, 3.05) is 13.1 Å². The number of rotatable bonds is 11. The van der Waals surface area contributed by atoms with E-state index in [1.807, 2.05) is 13.8 Å². The van der Waals surface area contributed by atoms with Gasteiger partial charge in [-0.2, -0.15) is 8.42 Å². The van der Waals surface area contributed by atoms with Crippen LogP contribution in [0.15, 0.2) is 87.5 Å². The van der Waals surface area contributed by atoms with Crippen LogP contribution in [-0.4, -0.2) is 44.4 Å². The molecule has 0 spiro atoms. The molecule has 0 aliphatic carbocycles. The molecule has 0 saturated heterocycles. The number of hydrogen-bond acceptors (Lipinski definition) is 7. The van der Waals surface area contributed by atoms with Gasteiger partial charge in [0.25, 0.3) is 10.1 Å². The maximum absolute atomic E-state index is 12.8. The van der Waals surface area contributed by atoms with E-state index in [-0.39, 0.29) is 14.7 Å². The maximum Gasteiger partial charge on any atom is 0.297 e. The van der Waals surface area contributed by atoms with Crippen molar-refractivity contribution in [1.82, 2.24) is 9.44 Å². The Morgan fingerprint density at radius 3 is 1.19 bits per heavy atom. The quantitative estimate of drug-likeness (QED) is 0.349. The van der Waals surface area contributed by atoms with Crippen LogP contribution in [0.3, 0.4) is 0 Å². The van der Waals surface area contributed by atoms with Crippen LogP contribution in [0.5, 0.6) is 0 Å². The van der Waals surface area contributed by atoms with Crippen LogP contribution < -0.4 is 9.44 Å². The van der Waals surface area contributed by atoms with E-state index in [9.17, 15) is 25.3 Å². The normalized spacial score (nSPS) is 12.7. The number of aryl methyl sites for hydroxylation is 3. The monoisotopic (exact) mass is 552 g/mol. The lowest BCUT2D eigenvalue weighted by Gasteiger charge is -2.19. The summed E-state index contributed by atoms with van der Waals surface area (Å²) in [6.07, 6.45) is -1.38. The van der Waals surface area contributed by atoms with E-state index in [2.05, 4.69) is 9.44 Å². The molecule has 36 heavy (non-hydrogen) atoms. The molecular weight excluding hydrogens is 524 g/mol. The van der Waals surface area contributed by atoms with Gasteiger partial charge in [0.2, 0.25) is 20.0 Å². The van der Waals surface area contributed by atoms with Gasteiger partial charge in [-0.15, -0.1) is 0 Å². The van der Waals surface area contributed by atoms with E-state index in [0.717, 1.165) is 16.7 Å². The molecule has 3 aromatic carbocycles. The van der Waals surface area contributed by atoms with Crippen molar-refractivity contribution < 1.29 is 29.4 Å². The van der Waals surface area contributed by atoms with E-state index in [1.54, 1.807) is 43.3 Å². The van der Waals surface area contributed by atoms with E-state index in [4.69, 9.17) is 4.18 Å². The molecule has 0 radical (unpaired) electrons. The Balaban J connectivity index is 1.82. The average molecular weight is 553 g/mol. The molecule has 0 heterocycles. The third-order valence-corrected chi connectivity index (χ3v) is 9.49. The van der Waals surface area contributed by atoms with Gasteiger partial charge in [0.1, 0.15) is 6.10 Å². The van der Waals surface area contributed by atoms with Gasteiger partial charge in [-0.05, 0) is 57.2 Å². The van der Waals surface area contributed by atoms with Gasteiger partial charge in [-0.25, -0.2) is 26.3 Å². The fourth-order valence-electron chi connectivity index (χ4n) is 3.09. The smallest absolute Gasteiger partial charge is 0.260 e. The van der Waals surface area contributed by atoms with Crippen molar-refractivity contribution >= 4 is 30.2 Å². The Bertz CT molecular complexity index is 1420. The van der Waals surface area contributed by atoms with Crippen molar-refractivity contribution in [3.8, 4) is 0 Å². The number of hydrogen-bond donors (Lipinski definition) is 2. The Kier molecular flexibility index (Phi) is 8.70. The average Bonchev–Trinajstić information content (AvgIpc) is 2.82. The van der Waals surface area contributed by atoms with Crippen molar-refractivity contribution in [2.45, 2.75) is 41.6 Å². The van der Waals surface area contributed by atoms with Crippen molar-refractivity contribution in [1.29, 1.82) is 0 Å². The number of sulfonamides is 2. The SMILES string of the molecule is Cc1ccc(S(=O)(=O)NCC(CNS(=O)(=O)c2ccc(C)cc2)OS(=O)(=O)c2ccc(C)cc2)cc1. The Hall–Kier alpha value is -2.61. The standard InChI is InChI=1S/C24H28N2O7S3/c1-18-4-10-22(11-5-18)34(27,28)25-16-21(33-36(31,32)24-14-8-20(3)9-15-24)17-26-35(29,30)23-12-6-19(2)7-13-23/h4-15,21,25-26H,16-17H2,1-3H3. The molecule has 12 heteroatoms. The Morgan fingerprint density at radius 1 is 0.556 bits per heavy atom. The molecule has 0 fully saturated rings. The van der Waals surface area contributed by atoms with E-state index in [1.165, 1.54) is 36.4 Å². The zero-order valence-corrected chi connectivity index (χ0v) is 22.5. The van der Waals surface area contributed by atoms with E-state index >= 15 is 0 Å². The molecule has 0 aliphatic rings. The van der Waals surface area contributed by atoms with E-state index in [0.29, 0.717) is 0 Å². The highest BCUT2D eigenvalue weighted by Gasteiger charge is 2.26. The molecule has 0 atom stereocenters. The van der Waals surface area contributed by atoms with Gasteiger partial charge >= 0.3 is 0 Å². The van der Waals surface area contributed by atoms with Gasteiger partial charge in [-0.1, -0.05) is 53.1 Å². The van der Waals surface area contributed by atoms with Crippen LogP contribution in [0.2, 0.25) is 0 Å². The highest BCUT2D eigenvalue weighted by Crippen LogP contribution is 2.17. The summed E-state index contributed by atoms with van der Waals surface area (Å²) in [5.41, 5.74) is 2.57. The van der Waals surface area contributed by atoms with Gasteiger partial charge in [-0.3, -0.25) is 4.18 Å². The molecule has 3 aromatic rings. The fourth-order valence-corrected chi connectivity index (χ4v) is 6.29. The Morgan fingerprint density at radius 2 is 0.861 bits per heavy atom. The fraction of sp³-hybridized carbons (Fsp3) is 0.250. The summed E-state index contributed by atoms with van der Waals surface area (Å²) in [7, 11) is -12.3. The van der Waals surface area contributed by atoms with Gasteiger partial charge < -0.3 is 0 Å². The first-order valence-corrected chi connectivity index (χ1v) is 15.3. The molecule has 0 aromatic heterocycles. The van der Waals surface area contributed by atoms with Crippen LogP contribution in [0.4, 0.5) is 0 Å². The molecule has 0 amide bonds. The van der Waals surface area contributed by atoms with Crippen LogP contribution in [0.1, 0.15) is 16.7 Å². The zero-order valence-electron chi connectivity index (χ0n) is 20.0. The first kappa shape index (κ1) is 28.0. The summed E-state index contributed by atoms with van der Waals surface area (Å²) < 4.78 is 86.5. The minimum absolute atomic E-state index is 0.0199. The lowest BCUT2D eigenvalue weighted by Crippen LogP contribution is -2.42. The third kappa shape index (κ3) is 7.45. The predicted molar refractivity (Wildman–Crippen MR) is 136 cm³/mol. The summed E-state index contributed by atoms with van der Waals surface area (Å²) in [5, 5.41) is 0. The molecule has 0 saturated carbocycles. The number of nitrogens with one attached hydrogen (secondary N) is 2. The highest BCUT2D eigenvalue weighted by atomic mass is 32.2. The molecule has 0 unspecified atom stereocenters. The largest absolute Gasteiger partial charge is 0.297 e. The summed E-state index contributed by atoms with van der Waals surface area (Å²) in [6.45, 7) is 4.41. The van der Waals surface area contributed by atoms with Crippen molar-refractivity contribution in [3.05, 3.63) is 89.5 Å². The summed E-state index contributed by atoms with van der Waals surface area (Å²) in [6, 6.07) is 18.0. The molecule has 194 valence electrons. The van der Waals surface area contributed by atoms with Crippen LogP contribution in [0.25, 0.3) is 0 Å². The summed E-state index contributed by atoms with van der Waals surface area (Å²) in [4.78, 5) is -0.178. The second-order valence-corrected chi connectivity index (χ2v) is 13.4. The molecule has 0 aliphatic heterocycles. The highest BCUT2D eigenvalue weighted by molar-refractivity contribution is 7.89. The second kappa shape index (κ2) is 11.2. The first-order chi connectivity index (χ1) is 16.8. The lowest BCUT2D eigenvalue weighted by molar-refractivity contribution is 0.215. The topological polar surface area (TPSA) is 136 Å². The van der Waals surface area contributed by atoms with Gasteiger partial charge in [0.05, 0.1) is 14.7 Å². The van der Waals surface area contributed by atoms with Crippen molar-refractivity contribution in [3.63, 3.8) is 0 Å².